The van der Waals surface area contributed by atoms with E-state index in [0.717, 1.165) is 48.0 Å². The Morgan fingerprint density at radius 1 is 1.07 bits per heavy atom. The van der Waals surface area contributed by atoms with Gasteiger partial charge in [-0.2, -0.15) is 13.2 Å². The number of rotatable bonds is 13. The van der Waals surface area contributed by atoms with E-state index in [1.807, 2.05) is 18.2 Å². The van der Waals surface area contributed by atoms with Crippen LogP contribution in [0, 0.1) is 0 Å². The summed E-state index contributed by atoms with van der Waals surface area (Å²) in [4.78, 5) is 18.2. The molecule has 4 N–H and O–H groups in total. The number of aryl methyl sites for hydroxylation is 1. The van der Waals surface area contributed by atoms with Crippen molar-refractivity contribution in [1.29, 1.82) is 0 Å². The standard InChI is InChI=1S/C29H36F3N5O4S/c1-33-27(19-41-29(34-2,35-3)37(27)26(38)39)25-36-18-24(42-25)21-14-15-23(22(17-21)28(30,31)32)40-16-10-5-4-7-11-20-12-8-6-9-13-20/h6,8-9,12-15,17-18,33-35H,4-5,7,10-11,16,19H2,1-3H3,(H,38,39)/t27-/m1/s1. The number of ether oxygens (including phenoxy) is 2. The number of likely N-dealkylation sites (N-methyl/N-ethyl adjacent to an activating group) is 1. The van der Waals surface area contributed by atoms with Gasteiger partial charge in [-0.25, -0.2) is 14.7 Å². The molecular formula is C29H36F3N5O4S. The number of halogens is 3. The van der Waals surface area contributed by atoms with Crippen LogP contribution in [-0.4, -0.2) is 61.4 Å². The number of nitrogens with one attached hydrogen (secondary N) is 3. The van der Waals surface area contributed by atoms with Gasteiger partial charge in [-0.1, -0.05) is 43.2 Å². The molecule has 9 nitrogen and oxygen atoms in total. The second-order valence-electron chi connectivity index (χ2n) is 9.90. The number of benzene rings is 2. The average Bonchev–Trinajstić information content (AvgIpc) is 3.61. The summed E-state index contributed by atoms with van der Waals surface area (Å²) in [6.07, 6.45) is -0.00627. The van der Waals surface area contributed by atoms with Crippen LogP contribution in [0.5, 0.6) is 5.75 Å². The van der Waals surface area contributed by atoms with Gasteiger partial charge >= 0.3 is 12.3 Å². The molecular weight excluding hydrogens is 571 g/mol. The molecule has 3 aromatic rings. The normalized spacial score (nSPS) is 18.4. The first-order valence-electron chi connectivity index (χ1n) is 13.7. The first-order valence-corrected chi connectivity index (χ1v) is 14.5. The van der Waals surface area contributed by atoms with Crippen molar-refractivity contribution >= 4 is 17.4 Å². The zero-order valence-corrected chi connectivity index (χ0v) is 24.6. The van der Waals surface area contributed by atoms with Crippen LogP contribution in [0.2, 0.25) is 0 Å². The van der Waals surface area contributed by atoms with Crippen molar-refractivity contribution in [2.24, 2.45) is 0 Å². The molecule has 1 amide bonds. The largest absolute Gasteiger partial charge is 0.493 e. The Hall–Kier alpha value is -3.23. The second-order valence-corrected chi connectivity index (χ2v) is 10.9. The van der Waals surface area contributed by atoms with Crippen LogP contribution in [-0.2, 0) is 23.0 Å². The number of hydrogen-bond acceptors (Lipinski definition) is 8. The van der Waals surface area contributed by atoms with Crippen molar-refractivity contribution in [1.82, 2.24) is 25.8 Å². The van der Waals surface area contributed by atoms with Crippen molar-refractivity contribution in [3.63, 3.8) is 0 Å². The smallest absolute Gasteiger partial charge is 0.419 e. The number of hydrogen-bond donors (Lipinski definition) is 4. The zero-order valence-electron chi connectivity index (χ0n) is 23.8. The summed E-state index contributed by atoms with van der Waals surface area (Å²) in [7, 11) is 4.65. The Kier molecular flexibility index (Phi) is 10.1. The van der Waals surface area contributed by atoms with Gasteiger partial charge < -0.3 is 14.6 Å². The van der Waals surface area contributed by atoms with Gasteiger partial charge in [0, 0.05) is 6.20 Å². The molecule has 1 aromatic heterocycles. The highest BCUT2D eigenvalue weighted by Crippen LogP contribution is 2.43. The monoisotopic (exact) mass is 607 g/mol. The Labute approximate surface area is 247 Å². The molecule has 1 fully saturated rings. The van der Waals surface area contributed by atoms with Crippen molar-refractivity contribution in [3.8, 4) is 16.2 Å². The maximum atomic E-state index is 14.0. The molecule has 1 saturated heterocycles. The molecule has 0 bridgehead atoms. The molecule has 1 atom stereocenters. The van der Waals surface area contributed by atoms with Crippen LogP contribution >= 0.6 is 11.3 Å². The summed E-state index contributed by atoms with van der Waals surface area (Å²) in [5.41, 5.74) is -0.696. The number of thiazole rings is 1. The van der Waals surface area contributed by atoms with Crippen molar-refractivity contribution < 1.29 is 32.5 Å². The van der Waals surface area contributed by atoms with Crippen LogP contribution in [0.4, 0.5) is 18.0 Å². The molecule has 0 spiro atoms. The molecule has 0 radical (unpaired) electrons. The number of carboxylic acid groups (broad SMARTS) is 1. The highest BCUT2D eigenvalue weighted by Gasteiger charge is 2.60. The molecule has 1 aliphatic rings. The predicted octanol–water partition coefficient (Wildman–Crippen LogP) is 5.44. The van der Waals surface area contributed by atoms with Gasteiger partial charge in [-0.3, -0.25) is 16.0 Å². The molecule has 0 unspecified atom stereocenters. The van der Waals surface area contributed by atoms with E-state index in [1.54, 1.807) is 27.2 Å². The number of amides is 1. The lowest BCUT2D eigenvalue weighted by Crippen LogP contribution is -2.70. The van der Waals surface area contributed by atoms with Gasteiger partial charge in [0.25, 0.3) is 5.97 Å². The fourth-order valence-electron chi connectivity index (χ4n) is 5.09. The predicted molar refractivity (Wildman–Crippen MR) is 154 cm³/mol. The Balaban J connectivity index is 1.46. The molecule has 13 heteroatoms. The van der Waals surface area contributed by atoms with Crippen LogP contribution in [0.3, 0.4) is 0 Å². The van der Waals surface area contributed by atoms with E-state index in [2.05, 4.69) is 33.1 Å². The summed E-state index contributed by atoms with van der Waals surface area (Å²) in [6.45, 7) is 0.0874. The molecule has 4 rings (SSSR count). The van der Waals surface area contributed by atoms with Crippen LogP contribution < -0.4 is 20.7 Å². The maximum Gasteiger partial charge on any atom is 0.419 e. The van der Waals surface area contributed by atoms with E-state index in [4.69, 9.17) is 9.47 Å². The van der Waals surface area contributed by atoms with Gasteiger partial charge in [0.2, 0.25) is 0 Å². The number of alkyl halides is 3. The summed E-state index contributed by atoms with van der Waals surface area (Å²) in [6, 6.07) is 14.1. The fraction of sp³-hybridized carbons (Fsp3) is 0.448. The number of carbonyl (C=O) groups is 1. The Morgan fingerprint density at radius 2 is 1.79 bits per heavy atom. The van der Waals surface area contributed by atoms with Crippen LogP contribution in [0.1, 0.15) is 41.8 Å². The fourth-order valence-corrected chi connectivity index (χ4v) is 6.17. The summed E-state index contributed by atoms with van der Waals surface area (Å²) >= 11 is 1.08. The number of aromatic nitrogens is 1. The first-order chi connectivity index (χ1) is 20.1. The number of unbranched alkanes of at least 4 members (excludes halogenated alkanes) is 3. The first kappa shape index (κ1) is 31.7. The third kappa shape index (κ3) is 6.55. The zero-order chi connectivity index (χ0) is 30.4. The average molecular weight is 608 g/mol. The lowest BCUT2D eigenvalue weighted by atomic mass is 10.1. The maximum absolute atomic E-state index is 14.0. The third-order valence-corrected chi connectivity index (χ3v) is 8.56. The van der Waals surface area contributed by atoms with Crippen molar-refractivity contribution in [3.05, 3.63) is 70.9 Å². The lowest BCUT2D eigenvalue weighted by Gasteiger charge is -2.40. The summed E-state index contributed by atoms with van der Waals surface area (Å²) in [5, 5.41) is 19.0. The van der Waals surface area contributed by atoms with Crippen molar-refractivity contribution in [2.45, 2.75) is 49.9 Å². The molecule has 228 valence electrons. The number of nitrogens with zero attached hydrogens (tertiary/aromatic N) is 2. The lowest BCUT2D eigenvalue weighted by molar-refractivity contribution is -0.138. The van der Waals surface area contributed by atoms with Crippen molar-refractivity contribution in [2.75, 3.05) is 34.4 Å². The van der Waals surface area contributed by atoms with Gasteiger partial charge in [-0.15, -0.1) is 11.3 Å². The van der Waals surface area contributed by atoms with E-state index in [-0.39, 0.29) is 19.0 Å². The van der Waals surface area contributed by atoms with E-state index in [0.29, 0.717) is 21.9 Å². The molecule has 2 aromatic carbocycles. The van der Waals surface area contributed by atoms with E-state index < -0.39 is 29.5 Å². The molecule has 1 aliphatic heterocycles. The van der Waals surface area contributed by atoms with Crippen LogP contribution in [0.15, 0.2) is 54.7 Å². The quantitative estimate of drug-likeness (QED) is 0.150. The topological polar surface area (TPSA) is 108 Å². The SMILES string of the molecule is CNC1(NC)OC[C@](NC)(c2ncc(-c3ccc(OCCCCCCc4ccccc4)c(C(F)(F)F)c3)s2)N1C(=O)O. The summed E-state index contributed by atoms with van der Waals surface area (Å²) in [5.74, 6) is -1.76. The van der Waals surface area contributed by atoms with E-state index in [9.17, 15) is 23.1 Å². The molecule has 2 heterocycles. The van der Waals surface area contributed by atoms with Gasteiger partial charge in [0.15, 0.2) is 5.66 Å². The minimum Gasteiger partial charge on any atom is -0.493 e. The highest BCUT2D eigenvalue weighted by molar-refractivity contribution is 7.15. The minimum absolute atomic E-state index is 0.0999. The van der Waals surface area contributed by atoms with Gasteiger partial charge in [-0.05, 0) is 69.7 Å². The molecule has 0 saturated carbocycles. The van der Waals surface area contributed by atoms with Crippen LogP contribution in [0.25, 0.3) is 10.4 Å². The molecule has 0 aliphatic carbocycles. The second kappa shape index (κ2) is 13.4. The van der Waals surface area contributed by atoms with E-state index in [1.165, 1.54) is 17.8 Å². The molecule has 42 heavy (non-hydrogen) atoms. The van der Waals surface area contributed by atoms with E-state index >= 15 is 0 Å². The Morgan fingerprint density at radius 3 is 2.43 bits per heavy atom. The van der Waals surface area contributed by atoms with Gasteiger partial charge in [0.05, 0.1) is 23.7 Å². The summed E-state index contributed by atoms with van der Waals surface area (Å²) < 4.78 is 53.5. The Bertz CT molecular complexity index is 1340. The highest BCUT2D eigenvalue weighted by atomic mass is 32.1. The van der Waals surface area contributed by atoms with Gasteiger partial charge in [0.1, 0.15) is 10.8 Å². The minimum atomic E-state index is -4.63. The third-order valence-electron chi connectivity index (χ3n) is 7.36.